The summed E-state index contributed by atoms with van der Waals surface area (Å²) >= 11 is 0. The van der Waals surface area contributed by atoms with Gasteiger partial charge in [0.05, 0.1) is 0 Å². The number of hydrogen-bond donors (Lipinski definition) is 0. The van der Waals surface area contributed by atoms with Gasteiger partial charge in [-0.05, 0) is 5.92 Å². The van der Waals surface area contributed by atoms with Crippen LogP contribution in [-0.2, 0) is 0 Å². The maximum absolute atomic E-state index is 12.1. The van der Waals surface area contributed by atoms with Gasteiger partial charge in [-0.1, -0.05) is 33.6 Å². The second-order valence-corrected chi connectivity index (χ2v) is 2.92. The normalized spacial score (nSPS) is 21.5. The molecule has 1 rings (SSSR count). The molecule has 0 spiro atoms. The monoisotopic (exact) mass is 164 g/mol. The average Bonchev–Trinajstić information content (AvgIpc) is 1.89. The minimum Gasteiger partial charge on any atom is -0.207 e. The Bertz CT molecular complexity index is 91.7. The van der Waals surface area contributed by atoms with Crippen LogP contribution in [-0.4, -0.2) is 5.92 Å². The molecule has 1 aliphatic carbocycles. The van der Waals surface area contributed by atoms with Crippen molar-refractivity contribution >= 4 is 0 Å². The smallest absolute Gasteiger partial charge is 0.207 e. The molecular formula is C9H18F2. The Balaban J connectivity index is 0.000000461. The quantitative estimate of drug-likeness (QED) is 0.581. The standard InChI is InChI=1S/C7H12F2.C2H6/c1-2-3-6-4-7(8,9)5-6;1-2/h6H,2-5H2,1H3;1-2H3. The van der Waals surface area contributed by atoms with Gasteiger partial charge >= 0.3 is 0 Å². The van der Waals surface area contributed by atoms with Gasteiger partial charge in [-0.3, -0.25) is 0 Å². The fraction of sp³-hybridized carbons (Fsp3) is 1.00. The Kier molecular flexibility index (Phi) is 4.62. The molecule has 1 saturated carbocycles. The van der Waals surface area contributed by atoms with E-state index in [0.717, 1.165) is 12.8 Å². The van der Waals surface area contributed by atoms with E-state index in [0.29, 0.717) is 5.92 Å². The third-order valence-corrected chi connectivity index (χ3v) is 1.87. The molecule has 2 heteroatoms. The topological polar surface area (TPSA) is 0 Å². The van der Waals surface area contributed by atoms with Crippen LogP contribution in [0.4, 0.5) is 8.78 Å². The van der Waals surface area contributed by atoms with Crippen LogP contribution in [0.1, 0.15) is 46.5 Å². The first-order valence-electron chi connectivity index (χ1n) is 4.52. The first kappa shape index (κ1) is 10.9. The number of rotatable bonds is 2. The predicted octanol–water partition coefficient (Wildman–Crippen LogP) is 3.86. The van der Waals surface area contributed by atoms with Crippen molar-refractivity contribution in [1.82, 2.24) is 0 Å². The highest BCUT2D eigenvalue weighted by atomic mass is 19.3. The molecular weight excluding hydrogens is 146 g/mol. The molecule has 0 bridgehead atoms. The molecule has 0 aromatic heterocycles. The zero-order valence-electron chi connectivity index (χ0n) is 7.66. The van der Waals surface area contributed by atoms with Crippen LogP contribution in [0.2, 0.25) is 0 Å². The van der Waals surface area contributed by atoms with Crippen molar-refractivity contribution in [2.75, 3.05) is 0 Å². The maximum Gasteiger partial charge on any atom is 0.248 e. The summed E-state index contributed by atoms with van der Waals surface area (Å²) in [6.45, 7) is 6.04. The molecule has 1 aliphatic rings. The molecule has 0 nitrogen and oxygen atoms in total. The van der Waals surface area contributed by atoms with E-state index in [1.54, 1.807) is 0 Å². The lowest BCUT2D eigenvalue weighted by atomic mass is 9.79. The van der Waals surface area contributed by atoms with Crippen LogP contribution in [0.15, 0.2) is 0 Å². The fourth-order valence-electron chi connectivity index (χ4n) is 1.40. The second kappa shape index (κ2) is 4.68. The number of hydrogen-bond acceptors (Lipinski definition) is 0. The highest BCUT2D eigenvalue weighted by Gasteiger charge is 2.44. The minimum atomic E-state index is -2.31. The molecule has 0 aromatic rings. The molecule has 0 heterocycles. The van der Waals surface area contributed by atoms with Crippen molar-refractivity contribution in [2.45, 2.75) is 52.4 Å². The molecule has 0 amide bonds. The van der Waals surface area contributed by atoms with E-state index in [4.69, 9.17) is 0 Å². The molecule has 0 radical (unpaired) electrons. The van der Waals surface area contributed by atoms with Crippen molar-refractivity contribution in [2.24, 2.45) is 5.92 Å². The highest BCUT2D eigenvalue weighted by Crippen LogP contribution is 2.44. The summed E-state index contributed by atoms with van der Waals surface area (Å²) in [4.78, 5) is 0. The number of alkyl halides is 2. The van der Waals surface area contributed by atoms with Crippen molar-refractivity contribution in [3.63, 3.8) is 0 Å². The third kappa shape index (κ3) is 3.68. The summed E-state index contributed by atoms with van der Waals surface area (Å²) in [5.74, 6) is -1.98. The summed E-state index contributed by atoms with van der Waals surface area (Å²) < 4.78 is 24.2. The molecule has 0 N–H and O–H groups in total. The minimum absolute atomic E-state index is 0.140. The van der Waals surface area contributed by atoms with Crippen molar-refractivity contribution in [3.8, 4) is 0 Å². The van der Waals surface area contributed by atoms with Gasteiger partial charge in [0.15, 0.2) is 0 Å². The Labute approximate surface area is 68.0 Å². The summed E-state index contributed by atoms with van der Waals surface area (Å²) in [6, 6.07) is 0. The lowest BCUT2D eigenvalue weighted by Gasteiger charge is -2.34. The van der Waals surface area contributed by atoms with Crippen LogP contribution < -0.4 is 0 Å². The maximum atomic E-state index is 12.1. The fourth-order valence-corrected chi connectivity index (χ4v) is 1.40. The van der Waals surface area contributed by atoms with Crippen LogP contribution in [0, 0.1) is 5.92 Å². The first-order chi connectivity index (χ1) is 5.14. The van der Waals surface area contributed by atoms with Gasteiger partial charge in [0.25, 0.3) is 0 Å². The van der Waals surface area contributed by atoms with Gasteiger partial charge in [0.2, 0.25) is 5.92 Å². The van der Waals surface area contributed by atoms with Gasteiger partial charge in [-0.2, -0.15) is 0 Å². The Morgan fingerprint density at radius 3 is 2.00 bits per heavy atom. The van der Waals surface area contributed by atoms with E-state index in [1.165, 1.54) is 0 Å². The van der Waals surface area contributed by atoms with Crippen molar-refractivity contribution in [3.05, 3.63) is 0 Å². The molecule has 0 aromatic carbocycles. The molecule has 1 fully saturated rings. The molecule has 68 valence electrons. The van der Waals surface area contributed by atoms with Crippen LogP contribution >= 0.6 is 0 Å². The lowest BCUT2D eigenvalue weighted by molar-refractivity contribution is -0.112. The molecule has 0 atom stereocenters. The van der Waals surface area contributed by atoms with Crippen LogP contribution in [0.3, 0.4) is 0 Å². The van der Waals surface area contributed by atoms with E-state index in [2.05, 4.69) is 0 Å². The van der Waals surface area contributed by atoms with Gasteiger partial charge < -0.3 is 0 Å². The zero-order valence-corrected chi connectivity index (χ0v) is 7.66. The molecule has 0 aliphatic heterocycles. The highest BCUT2D eigenvalue weighted by molar-refractivity contribution is 4.85. The Hall–Kier alpha value is -0.140. The van der Waals surface area contributed by atoms with Crippen LogP contribution in [0.5, 0.6) is 0 Å². The van der Waals surface area contributed by atoms with E-state index in [-0.39, 0.29) is 12.8 Å². The predicted molar refractivity (Wildman–Crippen MR) is 43.9 cm³/mol. The summed E-state index contributed by atoms with van der Waals surface area (Å²) in [5, 5.41) is 0. The zero-order chi connectivity index (χ0) is 8.91. The molecule has 0 unspecified atom stereocenters. The van der Waals surface area contributed by atoms with Gasteiger partial charge in [0.1, 0.15) is 0 Å². The second-order valence-electron chi connectivity index (χ2n) is 2.92. The number of halogens is 2. The largest absolute Gasteiger partial charge is 0.248 e. The first-order valence-corrected chi connectivity index (χ1v) is 4.52. The van der Waals surface area contributed by atoms with Crippen molar-refractivity contribution in [1.29, 1.82) is 0 Å². The van der Waals surface area contributed by atoms with Gasteiger partial charge in [-0.25, -0.2) is 8.78 Å². The lowest BCUT2D eigenvalue weighted by Crippen LogP contribution is -2.35. The van der Waals surface area contributed by atoms with Crippen molar-refractivity contribution < 1.29 is 8.78 Å². The Morgan fingerprint density at radius 1 is 1.27 bits per heavy atom. The van der Waals surface area contributed by atoms with E-state index in [9.17, 15) is 8.78 Å². The summed E-state index contributed by atoms with van der Waals surface area (Å²) in [7, 11) is 0. The summed E-state index contributed by atoms with van der Waals surface area (Å²) in [6.07, 6.45) is 2.30. The van der Waals surface area contributed by atoms with E-state index >= 15 is 0 Å². The third-order valence-electron chi connectivity index (χ3n) is 1.87. The Morgan fingerprint density at radius 2 is 1.73 bits per heavy atom. The van der Waals surface area contributed by atoms with Crippen LogP contribution in [0.25, 0.3) is 0 Å². The SMILES string of the molecule is CC.CCCC1CC(F)(F)C1. The van der Waals surface area contributed by atoms with E-state index in [1.807, 2.05) is 20.8 Å². The summed E-state index contributed by atoms with van der Waals surface area (Å²) in [5.41, 5.74) is 0. The van der Waals surface area contributed by atoms with E-state index < -0.39 is 5.92 Å². The van der Waals surface area contributed by atoms with Gasteiger partial charge in [0, 0.05) is 12.8 Å². The van der Waals surface area contributed by atoms with Gasteiger partial charge in [-0.15, -0.1) is 0 Å². The molecule has 11 heavy (non-hydrogen) atoms. The molecule has 0 saturated heterocycles. The average molecular weight is 164 g/mol.